The van der Waals surface area contributed by atoms with Crippen molar-refractivity contribution in [2.24, 2.45) is 0 Å². The van der Waals surface area contributed by atoms with Crippen molar-refractivity contribution in [3.63, 3.8) is 0 Å². The van der Waals surface area contributed by atoms with Crippen molar-refractivity contribution >= 4 is 0 Å². The first-order valence-corrected chi connectivity index (χ1v) is 5.33. The summed E-state index contributed by atoms with van der Waals surface area (Å²) in [4.78, 5) is 0. The second kappa shape index (κ2) is 4.11. The lowest BCUT2D eigenvalue weighted by Gasteiger charge is -2.15. The second-order valence-corrected chi connectivity index (χ2v) is 4.09. The summed E-state index contributed by atoms with van der Waals surface area (Å²) in [6.07, 6.45) is 2.49. The number of hydrogen-bond acceptors (Lipinski definition) is 3. The van der Waals surface area contributed by atoms with E-state index in [1.54, 1.807) is 19.2 Å². The van der Waals surface area contributed by atoms with Gasteiger partial charge in [0.1, 0.15) is 11.5 Å². The van der Waals surface area contributed by atoms with Crippen LogP contribution in [0, 0.1) is 0 Å². The number of aromatic hydroxyl groups is 1. The van der Waals surface area contributed by atoms with E-state index in [2.05, 4.69) is 12.2 Å². The summed E-state index contributed by atoms with van der Waals surface area (Å²) in [6.45, 7) is 2.06. The fraction of sp³-hybridized carbons (Fsp3) is 0.500. The molecule has 0 heterocycles. The average molecular weight is 207 g/mol. The fourth-order valence-corrected chi connectivity index (χ4v) is 1.70. The standard InChI is InChI=1S/C12H17NO2/c1-8(13-9-3-4-9)11-7-10(15-2)5-6-12(11)14/h5-9,13-14H,3-4H2,1-2H3/t8-/m0/s1. The van der Waals surface area contributed by atoms with E-state index in [0.29, 0.717) is 11.8 Å². The third kappa shape index (κ3) is 2.42. The predicted molar refractivity (Wildman–Crippen MR) is 59.2 cm³/mol. The zero-order chi connectivity index (χ0) is 10.8. The SMILES string of the molecule is COc1ccc(O)c([C@H](C)NC2CC2)c1. The Bertz CT molecular complexity index is 347. The summed E-state index contributed by atoms with van der Waals surface area (Å²) in [7, 11) is 1.63. The smallest absolute Gasteiger partial charge is 0.120 e. The number of benzene rings is 1. The Morgan fingerprint density at radius 3 is 2.80 bits per heavy atom. The van der Waals surface area contributed by atoms with Crippen molar-refractivity contribution < 1.29 is 9.84 Å². The highest BCUT2D eigenvalue weighted by Gasteiger charge is 2.24. The summed E-state index contributed by atoms with van der Waals surface area (Å²) >= 11 is 0. The van der Waals surface area contributed by atoms with Gasteiger partial charge < -0.3 is 15.2 Å². The molecule has 0 aromatic heterocycles. The molecule has 1 aliphatic carbocycles. The summed E-state index contributed by atoms with van der Waals surface area (Å²) < 4.78 is 5.14. The first-order valence-electron chi connectivity index (χ1n) is 5.33. The van der Waals surface area contributed by atoms with E-state index in [1.165, 1.54) is 12.8 Å². The minimum Gasteiger partial charge on any atom is -0.508 e. The third-order valence-corrected chi connectivity index (χ3v) is 2.76. The quantitative estimate of drug-likeness (QED) is 0.795. The summed E-state index contributed by atoms with van der Waals surface area (Å²) in [5.74, 6) is 1.11. The number of methoxy groups -OCH3 is 1. The molecule has 3 heteroatoms. The molecule has 15 heavy (non-hydrogen) atoms. The summed E-state index contributed by atoms with van der Waals surface area (Å²) in [5.41, 5.74) is 0.904. The molecule has 1 fully saturated rings. The van der Waals surface area contributed by atoms with Gasteiger partial charge in [0.15, 0.2) is 0 Å². The largest absolute Gasteiger partial charge is 0.508 e. The van der Waals surface area contributed by atoms with Gasteiger partial charge in [-0.25, -0.2) is 0 Å². The van der Waals surface area contributed by atoms with Gasteiger partial charge in [0.2, 0.25) is 0 Å². The maximum atomic E-state index is 9.74. The highest BCUT2D eigenvalue weighted by Crippen LogP contribution is 2.31. The predicted octanol–water partition coefficient (Wildman–Crippen LogP) is 2.21. The number of rotatable bonds is 4. The number of phenols is 1. The van der Waals surface area contributed by atoms with Crippen LogP contribution in [0.4, 0.5) is 0 Å². The van der Waals surface area contributed by atoms with Gasteiger partial charge in [-0.2, -0.15) is 0 Å². The van der Waals surface area contributed by atoms with Gasteiger partial charge in [-0.1, -0.05) is 0 Å². The maximum Gasteiger partial charge on any atom is 0.120 e. The molecular formula is C12H17NO2. The molecule has 82 valence electrons. The maximum absolute atomic E-state index is 9.74. The second-order valence-electron chi connectivity index (χ2n) is 4.09. The van der Waals surface area contributed by atoms with E-state index >= 15 is 0 Å². The van der Waals surface area contributed by atoms with Crippen LogP contribution in [-0.4, -0.2) is 18.3 Å². The van der Waals surface area contributed by atoms with E-state index in [-0.39, 0.29) is 6.04 Å². The van der Waals surface area contributed by atoms with E-state index in [0.717, 1.165) is 11.3 Å². The fourth-order valence-electron chi connectivity index (χ4n) is 1.70. The molecule has 0 aliphatic heterocycles. The summed E-state index contributed by atoms with van der Waals surface area (Å²) in [6, 6.07) is 6.13. The molecule has 0 spiro atoms. The topological polar surface area (TPSA) is 41.5 Å². The Morgan fingerprint density at radius 1 is 1.47 bits per heavy atom. The lowest BCUT2D eigenvalue weighted by molar-refractivity contribution is 0.407. The van der Waals surface area contributed by atoms with Crippen LogP contribution in [0.3, 0.4) is 0 Å². The number of phenolic OH excluding ortho intramolecular Hbond substituents is 1. The lowest BCUT2D eigenvalue weighted by Crippen LogP contribution is -2.20. The van der Waals surface area contributed by atoms with Gasteiger partial charge in [-0.05, 0) is 38.0 Å². The Kier molecular flexibility index (Phi) is 2.82. The minimum absolute atomic E-state index is 0.174. The van der Waals surface area contributed by atoms with Crippen LogP contribution in [0.25, 0.3) is 0 Å². The molecule has 1 saturated carbocycles. The number of nitrogens with one attached hydrogen (secondary N) is 1. The van der Waals surface area contributed by atoms with Gasteiger partial charge in [-0.15, -0.1) is 0 Å². The average Bonchev–Trinajstić information content (AvgIpc) is 3.02. The van der Waals surface area contributed by atoms with Crippen molar-refractivity contribution in [1.29, 1.82) is 0 Å². The number of hydrogen-bond donors (Lipinski definition) is 2. The van der Waals surface area contributed by atoms with Gasteiger partial charge in [0.05, 0.1) is 7.11 Å². The van der Waals surface area contributed by atoms with Crippen molar-refractivity contribution in [1.82, 2.24) is 5.32 Å². The van der Waals surface area contributed by atoms with Crippen LogP contribution in [-0.2, 0) is 0 Å². The molecule has 1 atom stereocenters. The Morgan fingerprint density at radius 2 is 2.20 bits per heavy atom. The van der Waals surface area contributed by atoms with Crippen molar-refractivity contribution in [3.05, 3.63) is 23.8 Å². The molecule has 0 radical (unpaired) electrons. The molecule has 0 unspecified atom stereocenters. The third-order valence-electron chi connectivity index (χ3n) is 2.76. The van der Waals surface area contributed by atoms with Gasteiger partial charge >= 0.3 is 0 Å². The first kappa shape index (κ1) is 10.3. The van der Waals surface area contributed by atoms with Crippen LogP contribution in [0.5, 0.6) is 11.5 Å². The molecule has 0 bridgehead atoms. The minimum atomic E-state index is 0.174. The Hall–Kier alpha value is -1.22. The van der Waals surface area contributed by atoms with Gasteiger partial charge in [-0.3, -0.25) is 0 Å². The van der Waals surface area contributed by atoms with E-state index in [9.17, 15) is 5.11 Å². The zero-order valence-corrected chi connectivity index (χ0v) is 9.16. The molecule has 2 N–H and O–H groups in total. The highest BCUT2D eigenvalue weighted by molar-refractivity contribution is 5.41. The normalized spacial score (nSPS) is 17.5. The molecule has 0 amide bonds. The van der Waals surface area contributed by atoms with E-state index < -0.39 is 0 Å². The molecule has 1 aliphatic rings. The molecule has 1 aromatic carbocycles. The lowest BCUT2D eigenvalue weighted by atomic mass is 10.1. The van der Waals surface area contributed by atoms with Crippen molar-refractivity contribution in [2.45, 2.75) is 31.8 Å². The Balaban J connectivity index is 2.16. The van der Waals surface area contributed by atoms with E-state index in [1.807, 2.05) is 6.07 Å². The van der Waals surface area contributed by atoms with Crippen molar-refractivity contribution in [3.8, 4) is 11.5 Å². The van der Waals surface area contributed by atoms with Crippen LogP contribution >= 0.6 is 0 Å². The Labute approximate surface area is 90.1 Å². The van der Waals surface area contributed by atoms with Gasteiger partial charge in [0, 0.05) is 17.6 Å². The van der Waals surface area contributed by atoms with Crippen LogP contribution in [0.1, 0.15) is 31.4 Å². The van der Waals surface area contributed by atoms with Crippen molar-refractivity contribution in [2.75, 3.05) is 7.11 Å². The first-order chi connectivity index (χ1) is 7.20. The van der Waals surface area contributed by atoms with Crippen LogP contribution in [0.15, 0.2) is 18.2 Å². The summed E-state index contributed by atoms with van der Waals surface area (Å²) in [5, 5.41) is 13.2. The molecular weight excluding hydrogens is 190 g/mol. The zero-order valence-electron chi connectivity index (χ0n) is 9.16. The molecule has 1 aromatic rings. The van der Waals surface area contributed by atoms with Crippen LogP contribution < -0.4 is 10.1 Å². The highest BCUT2D eigenvalue weighted by atomic mass is 16.5. The van der Waals surface area contributed by atoms with E-state index in [4.69, 9.17) is 4.74 Å². The van der Waals surface area contributed by atoms with Crippen LogP contribution in [0.2, 0.25) is 0 Å². The van der Waals surface area contributed by atoms with Gasteiger partial charge in [0.25, 0.3) is 0 Å². The molecule has 0 saturated heterocycles. The molecule has 2 rings (SSSR count). The number of ether oxygens (including phenoxy) is 1. The monoisotopic (exact) mass is 207 g/mol. The molecule has 3 nitrogen and oxygen atoms in total.